The summed E-state index contributed by atoms with van der Waals surface area (Å²) in [7, 11) is -2.05. The van der Waals surface area contributed by atoms with Crippen molar-refractivity contribution in [3.8, 4) is 0 Å². The van der Waals surface area contributed by atoms with E-state index in [0.717, 1.165) is 11.5 Å². The number of alkyl halides is 1. The molecular formula is C16H26ClNO3Si. The Bertz CT molecular complexity index is 593. The van der Waals surface area contributed by atoms with Gasteiger partial charge in [-0.15, -0.1) is 11.6 Å². The topological polar surface area (TPSA) is 55.2 Å². The van der Waals surface area contributed by atoms with Gasteiger partial charge in [-0.3, -0.25) is 4.98 Å². The Kier molecular flexibility index (Phi) is 4.97. The van der Waals surface area contributed by atoms with Crippen LogP contribution in [0.3, 0.4) is 0 Å². The number of hydrogen-bond donors (Lipinski definition) is 1. The van der Waals surface area contributed by atoms with Crippen LogP contribution in [-0.2, 0) is 10.8 Å². The molecule has 0 saturated carbocycles. The van der Waals surface area contributed by atoms with Gasteiger partial charge in [-0.1, -0.05) is 41.5 Å². The normalized spacial score (nSPS) is 18.8. The van der Waals surface area contributed by atoms with E-state index in [1.165, 1.54) is 0 Å². The quantitative estimate of drug-likeness (QED) is 0.624. The highest BCUT2D eigenvalue weighted by Gasteiger charge is 2.48. The van der Waals surface area contributed by atoms with Gasteiger partial charge >= 0.3 is 5.76 Å². The molecule has 0 spiro atoms. The van der Waals surface area contributed by atoms with Crippen LogP contribution in [0.15, 0.2) is 15.0 Å². The van der Waals surface area contributed by atoms with Crippen molar-refractivity contribution in [2.75, 3.05) is 0 Å². The van der Waals surface area contributed by atoms with E-state index >= 15 is 0 Å². The van der Waals surface area contributed by atoms with E-state index in [9.17, 15) is 4.79 Å². The second kappa shape index (κ2) is 6.28. The number of halogens is 1. The van der Waals surface area contributed by atoms with Crippen LogP contribution in [0.25, 0.3) is 6.08 Å². The fourth-order valence-electron chi connectivity index (χ4n) is 3.79. The molecule has 1 unspecified atom stereocenters. The number of H-pyrrole nitrogens is 1. The number of aromatic amines is 1. The minimum Gasteiger partial charge on any atom is -0.544 e. The molecule has 1 aromatic heterocycles. The highest BCUT2D eigenvalue weighted by Crippen LogP contribution is 2.45. The molecule has 1 aromatic rings. The zero-order valence-electron chi connectivity index (χ0n) is 14.2. The average Bonchev–Trinajstić information content (AvgIpc) is 2.73. The van der Waals surface area contributed by atoms with Crippen molar-refractivity contribution in [1.29, 1.82) is 0 Å². The third kappa shape index (κ3) is 2.93. The van der Waals surface area contributed by atoms with E-state index in [2.05, 4.69) is 46.5 Å². The summed E-state index contributed by atoms with van der Waals surface area (Å²) in [4.78, 5) is 14.0. The van der Waals surface area contributed by atoms with Gasteiger partial charge in [-0.25, -0.2) is 4.79 Å². The smallest absolute Gasteiger partial charge is 0.417 e. The van der Waals surface area contributed by atoms with Crippen LogP contribution in [0.1, 0.15) is 53.0 Å². The van der Waals surface area contributed by atoms with Crippen LogP contribution in [0, 0.1) is 0 Å². The maximum Gasteiger partial charge on any atom is 0.417 e. The van der Waals surface area contributed by atoms with Crippen LogP contribution < -0.4 is 5.76 Å². The Labute approximate surface area is 138 Å². The number of rotatable bonds is 5. The van der Waals surface area contributed by atoms with Crippen LogP contribution >= 0.6 is 11.6 Å². The zero-order valence-corrected chi connectivity index (χ0v) is 16.0. The standard InChI is InChI=1S/C16H26ClNO3Si/c1-9(2)22(10(3)4,11(5)6)21-14-8-15-13(7-12(14)17)18-16(19)20-15/h8-12H,7H2,1-6H3,(H,18,19). The van der Waals surface area contributed by atoms with Crippen LogP contribution in [0.2, 0.25) is 16.6 Å². The molecule has 0 aliphatic heterocycles. The summed E-state index contributed by atoms with van der Waals surface area (Å²) in [6.45, 7) is 13.4. The van der Waals surface area contributed by atoms with Gasteiger partial charge in [0.05, 0.1) is 11.1 Å². The maximum absolute atomic E-state index is 11.4. The first-order valence-corrected chi connectivity index (χ1v) is 10.5. The summed E-state index contributed by atoms with van der Waals surface area (Å²) in [6, 6.07) is 0. The highest BCUT2D eigenvalue weighted by molar-refractivity contribution is 6.78. The molecule has 1 aliphatic carbocycles. The van der Waals surface area contributed by atoms with Gasteiger partial charge in [-0.05, 0) is 16.6 Å². The van der Waals surface area contributed by atoms with Crippen molar-refractivity contribution in [3.63, 3.8) is 0 Å². The second-order valence-electron chi connectivity index (χ2n) is 7.00. The van der Waals surface area contributed by atoms with Gasteiger partial charge in [0.25, 0.3) is 8.32 Å². The third-order valence-electron chi connectivity index (χ3n) is 4.72. The molecule has 2 rings (SSSR count). The lowest BCUT2D eigenvalue weighted by Crippen LogP contribution is -2.48. The number of aromatic nitrogens is 1. The molecule has 0 amide bonds. The summed E-state index contributed by atoms with van der Waals surface area (Å²) in [5.41, 5.74) is 2.16. The molecule has 4 nitrogen and oxygen atoms in total. The summed E-state index contributed by atoms with van der Waals surface area (Å²) in [6.07, 6.45) is 2.33. The minimum absolute atomic E-state index is 0.260. The predicted octanol–water partition coefficient (Wildman–Crippen LogP) is 4.66. The summed E-state index contributed by atoms with van der Waals surface area (Å²) >= 11 is 6.50. The minimum atomic E-state index is -2.05. The van der Waals surface area contributed by atoms with E-state index in [1.54, 1.807) is 6.08 Å². The Balaban J connectivity index is 2.42. The Morgan fingerprint density at radius 3 is 2.27 bits per heavy atom. The van der Waals surface area contributed by atoms with Crippen molar-refractivity contribution >= 4 is 26.0 Å². The Morgan fingerprint density at radius 2 is 1.77 bits per heavy atom. The van der Waals surface area contributed by atoms with Crippen molar-refractivity contribution in [2.24, 2.45) is 0 Å². The monoisotopic (exact) mass is 343 g/mol. The lowest BCUT2D eigenvalue weighted by atomic mass is 10.1. The summed E-state index contributed by atoms with van der Waals surface area (Å²) in [5.74, 6) is 0.863. The van der Waals surface area contributed by atoms with Gasteiger partial charge in [0, 0.05) is 12.5 Å². The highest BCUT2D eigenvalue weighted by atomic mass is 35.5. The molecule has 1 heterocycles. The maximum atomic E-state index is 11.4. The molecule has 1 N–H and O–H groups in total. The third-order valence-corrected chi connectivity index (χ3v) is 11.1. The molecule has 0 saturated heterocycles. The summed E-state index contributed by atoms with van der Waals surface area (Å²) in [5, 5.41) is -0.260. The van der Waals surface area contributed by atoms with E-state index < -0.39 is 14.1 Å². The van der Waals surface area contributed by atoms with Crippen molar-refractivity contribution in [3.05, 3.63) is 27.8 Å². The molecule has 1 aliphatic rings. The predicted molar refractivity (Wildman–Crippen MR) is 92.8 cm³/mol. The number of allylic oxidation sites excluding steroid dienone is 1. The largest absolute Gasteiger partial charge is 0.544 e. The first-order chi connectivity index (χ1) is 10.2. The van der Waals surface area contributed by atoms with Gasteiger partial charge < -0.3 is 8.84 Å². The lowest BCUT2D eigenvalue weighted by Gasteiger charge is -2.43. The average molecular weight is 344 g/mol. The summed E-state index contributed by atoms with van der Waals surface area (Å²) < 4.78 is 11.8. The fourth-order valence-corrected chi connectivity index (χ4v) is 9.44. The van der Waals surface area contributed by atoms with Crippen LogP contribution in [0.5, 0.6) is 0 Å². The first kappa shape index (κ1) is 17.4. The molecule has 124 valence electrons. The van der Waals surface area contributed by atoms with E-state index in [-0.39, 0.29) is 5.38 Å². The van der Waals surface area contributed by atoms with E-state index in [4.69, 9.17) is 20.4 Å². The number of fused-ring (bicyclic) bond motifs is 1. The van der Waals surface area contributed by atoms with Crippen molar-refractivity contribution < 1.29 is 8.84 Å². The molecule has 0 bridgehead atoms. The van der Waals surface area contributed by atoms with Crippen LogP contribution in [0.4, 0.5) is 0 Å². The van der Waals surface area contributed by atoms with Crippen LogP contribution in [-0.4, -0.2) is 18.7 Å². The number of hydrogen-bond acceptors (Lipinski definition) is 3. The van der Waals surface area contributed by atoms with Gasteiger partial charge in [0.1, 0.15) is 5.76 Å². The van der Waals surface area contributed by atoms with Gasteiger partial charge in [0.15, 0.2) is 5.76 Å². The number of nitrogens with one attached hydrogen (secondary N) is 1. The fraction of sp³-hybridized carbons (Fsp3) is 0.688. The first-order valence-electron chi connectivity index (χ1n) is 7.95. The van der Waals surface area contributed by atoms with Gasteiger partial charge in [-0.2, -0.15) is 0 Å². The zero-order chi connectivity index (χ0) is 16.7. The second-order valence-corrected chi connectivity index (χ2v) is 12.9. The lowest BCUT2D eigenvalue weighted by molar-refractivity contribution is 0.356. The molecule has 22 heavy (non-hydrogen) atoms. The van der Waals surface area contributed by atoms with E-state index in [1.807, 2.05) is 0 Å². The Hall–Kier alpha value is -0.943. The molecule has 0 aromatic carbocycles. The van der Waals surface area contributed by atoms with Gasteiger partial charge in [0.2, 0.25) is 0 Å². The molecule has 0 radical (unpaired) electrons. The molecule has 1 atom stereocenters. The molecule has 0 fully saturated rings. The molecule has 6 heteroatoms. The Morgan fingerprint density at radius 1 is 1.23 bits per heavy atom. The number of oxazole rings is 1. The molecular weight excluding hydrogens is 318 g/mol. The van der Waals surface area contributed by atoms with Crippen molar-refractivity contribution in [1.82, 2.24) is 4.98 Å². The van der Waals surface area contributed by atoms with E-state index in [0.29, 0.717) is 28.8 Å². The SMILES string of the molecule is CC(C)[Si](OC1=Cc2oc(=O)[nH]c2CC1Cl)(C(C)C)C(C)C. The van der Waals surface area contributed by atoms with Crippen molar-refractivity contribution in [2.45, 2.75) is 70.0 Å².